The summed E-state index contributed by atoms with van der Waals surface area (Å²) >= 11 is 0. The van der Waals surface area contributed by atoms with Gasteiger partial charge >= 0.3 is 0 Å². The first-order chi connectivity index (χ1) is 15.5. The van der Waals surface area contributed by atoms with E-state index < -0.39 is 11.3 Å². The maximum absolute atomic E-state index is 12.8. The summed E-state index contributed by atoms with van der Waals surface area (Å²) in [5.74, 6) is 0.154. The van der Waals surface area contributed by atoms with E-state index in [1.807, 2.05) is 21.9 Å². The summed E-state index contributed by atoms with van der Waals surface area (Å²) in [6, 6.07) is 9.96. The number of piperazine rings is 1. The fourth-order valence-corrected chi connectivity index (χ4v) is 4.90. The van der Waals surface area contributed by atoms with Crippen LogP contribution in [0.15, 0.2) is 47.9 Å². The number of amides is 2. The molecule has 2 fully saturated rings. The van der Waals surface area contributed by atoms with E-state index in [0.717, 1.165) is 24.3 Å². The average Bonchev–Trinajstić information content (AvgIpc) is 3.28. The lowest BCUT2D eigenvalue weighted by Gasteiger charge is -2.37. The number of anilines is 1. The van der Waals surface area contributed by atoms with E-state index in [2.05, 4.69) is 41.4 Å². The van der Waals surface area contributed by atoms with Crippen molar-refractivity contribution in [2.24, 2.45) is 10.6 Å². The molecule has 2 aromatic rings. The molecule has 0 N–H and O–H groups in total. The predicted octanol–water partition coefficient (Wildman–Crippen LogP) is 1.65. The second-order valence-electron chi connectivity index (χ2n) is 8.33. The van der Waals surface area contributed by atoms with Crippen molar-refractivity contribution in [3.63, 3.8) is 0 Å². The van der Waals surface area contributed by atoms with Crippen molar-refractivity contribution in [3.8, 4) is 11.4 Å². The van der Waals surface area contributed by atoms with Crippen molar-refractivity contribution in [3.05, 3.63) is 47.6 Å². The second-order valence-corrected chi connectivity index (χ2v) is 8.74. The number of carbonyl (C=O) groups is 2. The molecule has 1 aromatic heterocycles. The van der Waals surface area contributed by atoms with Gasteiger partial charge in [0.05, 0.1) is 12.0 Å². The van der Waals surface area contributed by atoms with Gasteiger partial charge < -0.3 is 9.80 Å². The number of hydrogen-bond acceptors (Lipinski definition) is 7. The smallest absolute Gasteiger partial charge is 0.294 e. The van der Waals surface area contributed by atoms with Crippen molar-refractivity contribution >= 4 is 26.7 Å². The van der Waals surface area contributed by atoms with E-state index in [9.17, 15) is 14.5 Å². The minimum Gasteiger partial charge on any atom is -0.368 e. The predicted molar refractivity (Wildman–Crippen MR) is 125 cm³/mol. The molecule has 2 unspecified atom stereocenters. The molecule has 2 aliphatic rings. The molecule has 0 saturated carbocycles. The molecule has 2 amide bonds. The Morgan fingerprint density at radius 1 is 1.03 bits per heavy atom. The lowest BCUT2D eigenvalue weighted by atomic mass is 9.89. The van der Waals surface area contributed by atoms with Crippen molar-refractivity contribution in [1.29, 1.82) is 0 Å². The molecule has 2 aliphatic heterocycles. The normalized spacial score (nSPS) is 21.5. The molecule has 3 heterocycles. The maximum atomic E-state index is 12.8. The van der Waals surface area contributed by atoms with E-state index in [0.29, 0.717) is 44.6 Å². The Balaban J connectivity index is 1.29. The molecule has 4 rings (SSSR count). The first-order valence-corrected chi connectivity index (χ1v) is 11.6. The largest absolute Gasteiger partial charge is 0.368 e. The van der Waals surface area contributed by atoms with Crippen LogP contribution in [0, 0.1) is 10.3 Å². The van der Waals surface area contributed by atoms with Crippen LogP contribution >= 0.6 is 9.24 Å². The Labute approximate surface area is 189 Å². The van der Waals surface area contributed by atoms with Gasteiger partial charge in [-0.3, -0.25) is 14.5 Å². The van der Waals surface area contributed by atoms with Gasteiger partial charge in [0.25, 0.3) is 5.91 Å². The molecule has 2 atom stereocenters. The van der Waals surface area contributed by atoms with Crippen LogP contribution in [0.2, 0.25) is 0 Å². The van der Waals surface area contributed by atoms with E-state index in [1.54, 1.807) is 18.5 Å². The summed E-state index contributed by atoms with van der Waals surface area (Å²) < 4.78 is 0. The standard InChI is InChI=1S/C22H27N6O3P/c29-19(14-26-9-6-22(15-26,16-32)21(30)25-31)28-12-10-27(11-13-28)18-4-2-17(3-5-18)20-23-7-1-8-24-20/h1-5,7-8H,6,9-16,32H2. The molecule has 0 radical (unpaired) electrons. The van der Waals surface area contributed by atoms with Crippen LogP contribution in [0.3, 0.4) is 0 Å². The highest BCUT2D eigenvalue weighted by molar-refractivity contribution is 7.16. The Morgan fingerprint density at radius 2 is 1.72 bits per heavy atom. The lowest BCUT2D eigenvalue weighted by Crippen LogP contribution is -2.51. The highest BCUT2D eigenvalue weighted by Gasteiger charge is 2.44. The number of carbonyl (C=O) groups excluding carboxylic acids is 2. The molecule has 0 spiro atoms. The topological polar surface area (TPSA) is 99.1 Å². The first-order valence-electron chi connectivity index (χ1n) is 10.7. The zero-order valence-corrected chi connectivity index (χ0v) is 19.0. The summed E-state index contributed by atoms with van der Waals surface area (Å²) in [6.07, 6.45) is 4.50. The fourth-order valence-electron chi connectivity index (χ4n) is 4.39. The molecule has 1 aromatic carbocycles. The molecule has 2 saturated heterocycles. The third kappa shape index (κ3) is 4.69. The fraction of sp³-hybridized carbons (Fsp3) is 0.455. The monoisotopic (exact) mass is 454 g/mol. The zero-order chi connectivity index (χ0) is 22.6. The Bertz CT molecular complexity index is 965. The van der Waals surface area contributed by atoms with Crippen LogP contribution in [-0.2, 0) is 9.59 Å². The molecule has 32 heavy (non-hydrogen) atoms. The summed E-state index contributed by atoms with van der Waals surface area (Å²) in [4.78, 5) is 50.2. The minimum absolute atomic E-state index is 0.0623. The number of nitrogens with zero attached hydrogens (tertiary/aromatic N) is 6. The lowest BCUT2D eigenvalue weighted by molar-refractivity contribution is -0.133. The van der Waals surface area contributed by atoms with Gasteiger partial charge in [0, 0.05) is 61.5 Å². The zero-order valence-electron chi connectivity index (χ0n) is 17.9. The number of likely N-dealkylation sites (tertiary alicyclic amines) is 1. The minimum atomic E-state index is -0.762. The number of aromatic nitrogens is 2. The highest BCUT2D eigenvalue weighted by Crippen LogP contribution is 2.34. The number of hydrogen-bond donors (Lipinski definition) is 0. The molecule has 168 valence electrons. The number of nitroso groups, excluding NO2 is 1. The van der Waals surface area contributed by atoms with Crippen LogP contribution in [0.25, 0.3) is 11.4 Å². The van der Waals surface area contributed by atoms with Gasteiger partial charge in [-0.25, -0.2) is 9.97 Å². The van der Waals surface area contributed by atoms with Gasteiger partial charge in [0.2, 0.25) is 5.91 Å². The maximum Gasteiger partial charge on any atom is 0.294 e. The van der Waals surface area contributed by atoms with E-state index in [1.165, 1.54) is 0 Å². The summed E-state index contributed by atoms with van der Waals surface area (Å²) in [7, 11) is 2.54. The Kier molecular flexibility index (Phi) is 6.86. The average molecular weight is 454 g/mol. The van der Waals surface area contributed by atoms with Gasteiger partial charge in [0.15, 0.2) is 5.82 Å². The molecular formula is C22H27N6O3P. The van der Waals surface area contributed by atoms with Gasteiger partial charge in [-0.2, -0.15) is 0 Å². The quantitative estimate of drug-likeness (QED) is 0.483. The van der Waals surface area contributed by atoms with E-state index in [4.69, 9.17) is 0 Å². The van der Waals surface area contributed by atoms with Gasteiger partial charge in [-0.05, 0) is 49.5 Å². The van der Waals surface area contributed by atoms with Gasteiger partial charge in [-0.15, -0.1) is 14.1 Å². The highest BCUT2D eigenvalue weighted by atomic mass is 31.0. The van der Waals surface area contributed by atoms with E-state index >= 15 is 0 Å². The third-order valence-electron chi connectivity index (χ3n) is 6.41. The second kappa shape index (κ2) is 9.79. The van der Waals surface area contributed by atoms with Crippen LogP contribution < -0.4 is 4.90 Å². The Hall–Kier alpha value is -2.77. The molecule has 0 aliphatic carbocycles. The van der Waals surface area contributed by atoms with Crippen molar-refractivity contribution < 1.29 is 9.59 Å². The Morgan fingerprint density at radius 3 is 2.34 bits per heavy atom. The van der Waals surface area contributed by atoms with Gasteiger partial charge in [-0.1, -0.05) is 0 Å². The number of rotatable bonds is 6. The third-order valence-corrected chi connectivity index (χ3v) is 7.19. The summed E-state index contributed by atoms with van der Waals surface area (Å²) in [5, 5.41) is 2.64. The molecule has 0 bridgehead atoms. The van der Waals surface area contributed by atoms with Crippen LogP contribution in [0.4, 0.5) is 5.69 Å². The van der Waals surface area contributed by atoms with Crippen LogP contribution in [0.5, 0.6) is 0 Å². The summed E-state index contributed by atoms with van der Waals surface area (Å²) in [6.45, 7) is 4.12. The molecule has 9 nitrogen and oxygen atoms in total. The summed E-state index contributed by atoms with van der Waals surface area (Å²) in [5.41, 5.74) is 1.32. The first kappa shape index (κ1) is 22.4. The van der Waals surface area contributed by atoms with Crippen LogP contribution in [0.1, 0.15) is 6.42 Å². The van der Waals surface area contributed by atoms with Crippen molar-refractivity contribution in [2.75, 3.05) is 56.9 Å². The molecular weight excluding hydrogens is 427 g/mol. The van der Waals surface area contributed by atoms with E-state index in [-0.39, 0.29) is 12.5 Å². The molecule has 10 heteroatoms. The SMILES string of the molecule is O=NC(=O)C1(CP)CCN(CC(=O)N2CCN(c3ccc(-c4ncccn4)cc3)CC2)C1. The van der Waals surface area contributed by atoms with Crippen molar-refractivity contribution in [1.82, 2.24) is 19.8 Å². The van der Waals surface area contributed by atoms with Crippen molar-refractivity contribution in [2.45, 2.75) is 6.42 Å². The van der Waals surface area contributed by atoms with Crippen LogP contribution in [-0.4, -0.2) is 83.6 Å². The number of benzene rings is 1. The van der Waals surface area contributed by atoms with Gasteiger partial charge in [0.1, 0.15) is 0 Å².